The maximum Gasteiger partial charge on any atom is 0.136 e. The molecule has 8 rings (SSSR count). The Bertz CT molecular complexity index is 2040. The average Bonchev–Trinajstić information content (AvgIpc) is 3.56. The first kappa shape index (κ1) is 19.9. The normalized spacial score (nSPS) is 11.9. The zero-order valence-electron chi connectivity index (χ0n) is 19.4. The molecule has 0 spiro atoms. The number of rotatable bonds is 2. The third-order valence-electron chi connectivity index (χ3n) is 7.34. The fourth-order valence-electron chi connectivity index (χ4n) is 5.87. The van der Waals surface area contributed by atoms with Crippen molar-refractivity contribution in [3.05, 3.63) is 121 Å². The number of thiophene rings is 1. The fraction of sp³-hybridized carbons (Fsp3) is 0. The van der Waals surface area contributed by atoms with E-state index >= 15 is 0 Å². The van der Waals surface area contributed by atoms with Crippen molar-refractivity contribution in [1.29, 1.82) is 0 Å². The molecule has 0 fully saturated rings. The van der Waals surface area contributed by atoms with Gasteiger partial charge >= 0.3 is 0 Å². The summed E-state index contributed by atoms with van der Waals surface area (Å²) >= 11 is 1.79. The number of fused-ring (bicyclic) bond motifs is 7. The van der Waals surface area contributed by atoms with E-state index < -0.39 is 0 Å². The molecule has 0 bridgehead atoms. The summed E-state index contributed by atoms with van der Waals surface area (Å²) in [6, 6.07) is 41.4. The van der Waals surface area contributed by atoms with E-state index in [0.717, 1.165) is 11.2 Å². The van der Waals surface area contributed by atoms with E-state index in [2.05, 4.69) is 121 Å². The van der Waals surface area contributed by atoms with E-state index in [9.17, 15) is 0 Å². The molecule has 2 aromatic heterocycles. The lowest BCUT2D eigenvalue weighted by Gasteiger charge is -2.18. The van der Waals surface area contributed by atoms with Gasteiger partial charge in [-0.05, 0) is 78.8 Å². The SMILES string of the molecule is c1ccc(-c2c3ccccc3c(-c3cccc4oc5ccc6ccsc6c5c34)c3ccccc23)cc1. The minimum atomic E-state index is 0.934. The van der Waals surface area contributed by atoms with Crippen LogP contribution < -0.4 is 0 Å². The molecule has 0 N–H and O–H groups in total. The Hall–Kier alpha value is -4.40. The molecule has 36 heavy (non-hydrogen) atoms. The quantitative estimate of drug-likeness (QED) is 0.226. The van der Waals surface area contributed by atoms with Gasteiger partial charge in [-0.15, -0.1) is 11.3 Å². The van der Waals surface area contributed by atoms with Crippen LogP contribution in [0.1, 0.15) is 0 Å². The fourth-order valence-corrected chi connectivity index (χ4v) is 6.81. The Kier molecular flexibility index (Phi) is 4.16. The number of hydrogen-bond acceptors (Lipinski definition) is 2. The van der Waals surface area contributed by atoms with Gasteiger partial charge < -0.3 is 4.42 Å². The maximum absolute atomic E-state index is 6.42. The van der Waals surface area contributed by atoms with Crippen molar-refractivity contribution >= 4 is 64.9 Å². The Morgan fingerprint density at radius 3 is 1.83 bits per heavy atom. The van der Waals surface area contributed by atoms with Crippen LogP contribution in [0.4, 0.5) is 0 Å². The standard InChI is InChI=1S/C34H20OS/c1-2-9-21(10-3-1)30-23-11-4-6-13-25(23)31(26-14-7-5-12-24(26)30)27-15-8-16-28-32(27)33-29(35-28)18-17-22-19-20-36-34(22)33/h1-20H. The molecule has 0 saturated carbocycles. The predicted molar refractivity (Wildman–Crippen MR) is 155 cm³/mol. The molecule has 2 heteroatoms. The summed E-state index contributed by atoms with van der Waals surface area (Å²) < 4.78 is 7.70. The van der Waals surface area contributed by atoms with Crippen molar-refractivity contribution in [1.82, 2.24) is 0 Å². The molecule has 168 valence electrons. The first-order valence-electron chi connectivity index (χ1n) is 12.2. The summed E-state index contributed by atoms with van der Waals surface area (Å²) in [5.74, 6) is 0. The van der Waals surface area contributed by atoms with E-state index in [-0.39, 0.29) is 0 Å². The van der Waals surface area contributed by atoms with E-state index in [0.29, 0.717) is 0 Å². The van der Waals surface area contributed by atoms with Crippen LogP contribution >= 0.6 is 11.3 Å². The van der Waals surface area contributed by atoms with Crippen LogP contribution in [-0.4, -0.2) is 0 Å². The molecule has 0 aliphatic rings. The number of furan rings is 1. The van der Waals surface area contributed by atoms with E-state index in [1.54, 1.807) is 11.3 Å². The van der Waals surface area contributed by atoms with Gasteiger partial charge in [-0.1, -0.05) is 91.0 Å². The maximum atomic E-state index is 6.42. The van der Waals surface area contributed by atoms with Crippen molar-refractivity contribution in [2.75, 3.05) is 0 Å². The molecule has 8 aromatic rings. The van der Waals surface area contributed by atoms with Crippen molar-refractivity contribution in [2.24, 2.45) is 0 Å². The van der Waals surface area contributed by atoms with Gasteiger partial charge in [0.25, 0.3) is 0 Å². The summed E-state index contributed by atoms with van der Waals surface area (Å²) in [7, 11) is 0. The Balaban J connectivity index is 1.61. The third kappa shape index (κ3) is 2.71. The lowest BCUT2D eigenvalue weighted by Crippen LogP contribution is -1.91. The molecule has 0 atom stereocenters. The summed E-state index contributed by atoms with van der Waals surface area (Å²) in [5.41, 5.74) is 6.90. The van der Waals surface area contributed by atoms with Crippen LogP contribution in [0.2, 0.25) is 0 Å². The molecule has 6 aromatic carbocycles. The van der Waals surface area contributed by atoms with Gasteiger partial charge in [0, 0.05) is 15.5 Å². The number of benzene rings is 6. The molecule has 2 heterocycles. The second-order valence-corrected chi connectivity index (χ2v) is 10.2. The zero-order valence-corrected chi connectivity index (χ0v) is 20.2. The summed E-state index contributed by atoms with van der Waals surface area (Å²) in [6.07, 6.45) is 0. The minimum absolute atomic E-state index is 0.934. The molecule has 1 nitrogen and oxygen atoms in total. The van der Waals surface area contributed by atoms with Crippen molar-refractivity contribution in [3.63, 3.8) is 0 Å². The van der Waals surface area contributed by atoms with Gasteiger partial charge in [-0.3, -0.25) is 0 Å². The minimum Gasteiger partial charge on any atom is -0.456 e. The lowest BCUT2D eigenvalue weighted by molar-refractivity contribution is 0.669. The molecular formula is C34H20OS. The van der Waals surface area contributed by atoms with Gasteiger partial charge in [-0.2, -0.15) is 0 Å². The van der Waals surface area contributed by atoms with E-state index in [4.69, 9.17) is 4.42 Å². The molecular weight excluding hydrogens is 456 g/mol. The van der Waals surface area contributed by atoms with Crippen LogP contribution in [-0.2, 0) is 0 Å². The van der Waals surface area contributed by atoms with Crippen molar-refractivity contribution < 1.29 is 4.42 Å². The highest BCUT2D eigenvalue weighted by molar-refractivity contribution is 7.18. The van der Waals surface area contributed by atoms with Crippen molar-refractivity contribution in [2.45, 2.75) is 0 Å². The Morgan fingerprint density at radius 2 is 1.11 bits per heavy atom. The first-order valence-corrected chi connectivity index (χ1v) is 13.1. The lowest BCUT2D eigenvalue weighted by atomic mass is 9.85. The smallest absolute Gasteiger partial charge is 0.136 e. The topological polar surface area (TPSA) is 13.1 Å². The number of hydrogen-bond donors (Lipinski definition) is 0. The molecule has 0 saturated heterocycles. The van der Waals surface area contributed by atoms with Gasteiger partial charge in [-0.25, -0.2) is 0 Å². The monoisotopic (exact) mass is 476 g/mol. The second-order valence-electron chi connectivity index (χ2n) is 9.27. The summed E-state index contributed by atoms with van der Waals surface area (Å²) in [4.78, 5) is 0. The molecule has 0 aliphatic heterocycles. The van der Waals surface area contributed by atoms with Crippen LogP contribution in [0.15, 0.2) is 125 Å². The summed E-state index contributed by atoms with van der Waals surface area (Å²) in [6.45, 7) is 0. The van der Waals surface area contributed by atoms with Crippen molar-refractivity contribution in [3.8, 4) is 22.3 Å². The average molecular weight is 477 g/mol. The van der Waals surface area contributed by atoms with Gasteiger partial charge in [0.1, 0.15) is 11.2 Å². The molecule has 0 amide bonds. The molecule has 0 aliphatic carbocycles. The van der Waals surface area contributed by atoms with Crippen LogP contribution in [0.25, 0.3) is 75.8 Å². The largest absolute Gasteiger partial charge is 0.456 e. The Morgan fingerprint density at radius 1 is 0.472 bits per heavy atom. The van der Waals surface area contributed by atoms with Crippen LogP contribution in [0.5, 0.6) is 0 Å². The highest BCUT2D eigenvalue weighted by atomic mass is 32.1. The van der Waals surface area contributed by atoms with Crippen LogP contribution in [0.3, 0.4) is 0 Å². The van der Waals surface area contributed by atoms with Crippen LogP contribution in [0, 0.1) is 0 Å². The van der Waals surface area contributed by atoms with Gasteiger partial charge in [0.2, 0.25) is 0 Å². The highest BCUT2D eigenvalue weighted by Crippen LogP contribution is 2.48. The van der Waals surface area contributed by atoms with Gasteiger partial charge in [0.15, 0.2) is 0 Å². The van der Waals surface area contributed by atoms with Gasteiger partial charge in [0.05, 0.1) is 0 Å². The Labute approximate surface area is 211 Å². The molecule has 0 radical (unpaired) electrons. The molecule has 0 unspecified atom stereocenters. The third-order valence-corrected chi connectivity index (χ3v) is 8.29. The van der Waals surface area contributed by atoms with E-state index in [1.807, 2.05) is 0 Å². The highest BCUT2D eigenvalue weighted by Gasteiger charge is 2.21. The zero-order chi connectivity index (χ0) is 23.6. The van der Waals surface area contributed by atoms with E-state index in [1.165, 1.54) is 64.7 Å². The first-order chi connectivity index (χ1) is 17.9. The predicted octanol–water partition coefficient (Wildman–Crippen LogP) is 10.4. The second kappa shape index (κ2) is 7.55. The summed E-state index contributed by atoms with van der Waals surface area (Å²) in [5, 5.41) is 10.9.